The molecule has 0 aliphatic rings. The van der Waals surface area contributed by atoms with Gasteiger partial charge in [-0.3, -0.25) is 4.79 Å². The minimum atomic E-state index is -0.141. The van der Waals surface area contributed by atoms with Crippen molar-refractivity contribution in [1.82, 2.24) is 24.6 Å². The SMILES string of the molecule is CNCCn1ncc(-n2cc(C#Cc3cccc(C)c3)nc2C)cc1=O. The molecular weight excluding hydrogens is 326 g/mol. The number of aromatic nitrogens is 4. The first-order valence-corrected chi connectivity index (χ1v) is 8.43. The van der Waals surface area contributed by atoms with Crippen molar-refractivity contribution in [3.63, 3.8) is 0 Å². The number of hydrogen-bond acceptors (Lipinski definition) is 4. The highest BCUT2D eigenvalue weighted by Gasteiger charge is 2.07. The number of nitrogens with zero attached hydrogens (tertiary/aromatic N) is 4. The van der Waals surface area contributed by atoms with Gasteiger partial charge in [0.2, 0.25) is 0 Å². The molecule has 6 nitrogen and oxygen atoms in total. The van der Waals surface area contributed by atoms with Gasteiger partial charge in [-0.1, -0.05) is 18.1 Å². The summed E-state index contributed by atoms with van der Waals surface area (Å²) in [6.45, 7) is 5.14. The van der Waals surface area contributed by atoms with Crippen LogP contribution in [0.1, 0.15) is 22.6 Å². The molecular formula is C20H21N5O. The molecule has 0 aliphatic heterocycles. The molecule has 0 saturated heterocycles. The molecule has 132 valence electrons. The predicted molar refractivity (Wildman–Crippen MR) is 101 cm³/mol. The summed E-state index contributed by atoms with van der Waals surface area (Å²) in [5, 5.41) is 7.23. The summed E-state index contributed by atoms with van der Waals surface area (Å²) in [6, 6.07) is 9.59. The van der Waals surface area contributed by atoms with E-state index in [-0.39, 0.29) is 5.56 Å². The second-order valence-corrected chi connectivity index (χ2v) is 6.04. The van der Waals surface area contributed by atoms with Gasteiger partial charge in [0.1, 0.15) is 11.5 Å². The molecule has 0 saturated carbocycles. The van der Waals surface area contributed by atoms with Crippen LogP contribution in [0.3, 0.4) is 0 Å². The van der Waals surface area contributed by atoms with E-state index in [9.17, 15) is 4.79 Å². The number of hydrogen-bond donors (Lipinski definition) is 1. The molecule has 6 heteroatoms. The summed E-state index contributed by atoms with van der Waals surface area (Å²) in [7, 11) is 1.84. The number of rotatable bonds is 4. The zero-order valence-corrected chi connectivity index (χ0v) is 15.2. The highest BCUT2D eigenvalue weighted by molar-refractivity contribution is 5.42. The summed E-state index contributed by atoms with van der Waals surface area (Å²) < 4.78 is 3.27. The van der Waals surface area contributed by atoms with Crippen LogP contribution in [0.25, 0.3) is 5.69 Å². The third-order valence-electron chi connectivity index (χ3n) is 3.94. The van der Waals surface area contributed by atoms with Crippen molar-refractivity contribution in [2.24, 2.45) is 0 Å². The Morgan fingerprint density at radius 2 is 2.04 bits per heavy atom. The molecule has 0 bridgehead atoms. The van der Waals surface area contributed by atoms with Gasteiger partial charge in [0.05, 0.1) is 18.4 Å². The lowest BCUT2D eigenvalue weighted by atomic mass is 10.1. The Bertz CT molecular complexity index is 1040. The monoisotopic (exact) mass is 347 g/mol. The van der Waals surface area contributed by atoms with E-state index < -0.39 is 0 Å². The van der Waals surface area contributed by atoms with Crippen molar-refractivity contribution in [2.75, 3.05) is 13.6 Å². The molecule has 3 aromatic rings. The molecule has 26 heavy (non-hydrogen) atoms. The molecule has 0 radical (unpaired) electrons. The van der Waals surface area contributed by atoms with Gasteiger partial charge >= 0.3 is 0 Å². The second-order valence-electron chi connectivity index (χ2n) is 6.04. The maximum Gasteiger partial charge on any atom is 0.268 e. The van der Waals surface area contributed by atoms with E-state index in [1.807, 2.05) is 55.9 Å². The fourth-order valence-electron chi connectivity index (χ4n) is 2.59. The van der Waals surface area contributed by atoms with Gasteiger partial charge in [-0.05, 0) is 44.5 Å². The molecule has 0 atom stereocenters. The van der Waals surface area contributed by atoms with Gasteiger partial charge in [-0.2, -0.15) is 5.10 Å². The van der Waals surface area contributed by atoms with Crippen LogP contribution in [0, 0.1) is 25.7 Å². The van der Waals surface area contributed by atoms with Gasteiger partial charge in [0, 0.05) is 24.4 Å². The molecule has 2 heterocycles. The van der Waals surface area contributed by atoms with Gasteiger partial charge in [-0.25, -0.2) is 9.67 Å². The van der Waals surface area contributed by atoms with Crippen LogP contribution in [-0.4, -0.2) is 32.9 Å². The van der Waals surface area contributed by atoms with E-state index in [4.69, 9.17) is 0 Å². The highest BCUT2D eigenvalue weighted by Crippen LogP contribution is 2.10. The predicted octanol–water partition coefficient (Wildman–Crippen LogP) is 1.67. The third-order valence-corrected chi connectivity index (χ3v) is 3.94. The smallest absolute Gasteiger partial charge is 0.268 e. The molecule has 0 spiro atoms. The minimum Gasteiger partial charge on any atom is -0.318 e. The van der Waals surface area contributed by atoms with Crippen LogP contribution in [0.15, 0.2) is 47.5 Å². The minimum absolute atomic E-state index is 0.141. The molecule has 2 aromatic heterocycles. The van der Waals surface area contributed by atoms with Crippen LogP contribution in [-0.2, 0) is 6.54 Å². The summed E-state index contributed by atoms with van der Waals surface area (Å²) in [5.41, 5.74) is 3.32. The van der Waals surface area contributed by atoms with Crippen molar-refractivity contribution in [3.05, 3.63) is 75.7 Å². The van der Waals surface area contributed by atoms with E-state index in [0.29, 0.717) is 24.5 Å². The van der Waals surface area contributed by atoms with Gasteiger partial charge in [-0.15, -0.1) is 0 Å². The number of nitrogens with one attached hydrogen (secondary N) is 1. The fraction of sp³-hybridized carbons (Fsp3) is 0.250. The molecule has 0 fully saturated rings. The quantitative estimate of drug-likeness (QED) is 0.729. The molecule has 1 N–H and O–H groups in total. The van der Waals surface area contributed by atoms with Crippen molar-refractivity contribution < 1.29 is 0 Å². The van der Waals surface area contributed by atoms with Crippen molar-refractivity contribution >= 4 is 0 Å². The summed E-state index contributed by atoms with van der Waals surface area (Å²) in [5.74, 6) is 6.96. The van der Waals surface area contributed by atoms with Crippen molar-refractivity contribution in [2.45, 2.75) is 20.4 Å². The van der Waals surface area contributed by atoms with Crippen LogP contribution >= 0.6 is 0 Å². The topological polar surface area (TPSA) is 64.7 Å². The second kappa shape index (κ2) is 7.81. The number of imidazole rings is 1. The lowest BCUT2D eigenvalue weighted by Crippen LogP contribution is -2.27. The van der Waals surface area contributed by atoms with E-state index in [0.717, 1.165) is 11.4 Å². The zero-order chi connectivity index (χ0) is 18.5. The van der Waals surface area contributed by atoms with Crippen LogP contribution in [0.2, 0.25) is 0 Å². The van der Waals surface area contributed by atoms with E-state index in [2.05, 4.69) is 27.2 Å². The summed E-state index contributed by atoms with van der Waals surface area (Å²) >= 11 is 0. The molecule has 0 amide bonds. The first-order chi connectivity index (χ1) is 12.6. The normalized spacial score (nSPS) is 10.4. The van der Waals surface area contributed by atoms with Crippen LogP contribution in [0.4, 0.5) is 0 Å². The first-order valence-electron chi connectivity index (χ1n) is 8.43. The van der Waals surface area contributed by atoms with Crippen molar-refractivity contribution in [3.8, 4) is 17.5 Å². The Kier molecular flexibility index (Phi) is 5.30. The molecule has 1 aromatic carbocycles. The van der Waals surface area contributed by atoms with E-state index >= 15 is 0 Å². The van der Waals surface area contributed by atoms with E-state index in [1.54, 1.807) is 12.3 Å². The fourth-order valence-corrected chi connectivity index (χ4v) is 2.59. The van der Waals surface area contributed by atoms with Crippen LogP contribution < -0.4 is 10.9 Å². The van der Waals surface area contributed by atoms with Crippen LogP contribution in [0.5, 0.6) is 0 Å². The van der Waals surface area contributed by atoms with E-state index in [1.165, 1.54) is 10.2 Å². The zero-order valence-electron chi connectivity index (χ0n) is 15.2. The van der Waals surface area contributed by atoms with Gasteiger partial charge < -0.3 is 9.88 Å². The first kappa shape index (κ1) is 17.6. The summed E-state index contributed by atoms with van der Waals surface area (Å²) in [6.07, 6.45) is 3.50. The number of benzene rings is 1. The maximum absolute atomic E-state index is 12.2. The Morgan fingerprint density at radius 1 is 1.19 bits per heavy atom. The third kappa shape index (κ3) is 4.08. The number of likely N-dealkylation sites (N-methyl/N-ethyl adjacent to an activating group) is 1. The Balaban J connectivity index is 1.87. The molecule has 3 rings (SSSR count). The maximum atomic E-state index is 12.2. The van der Waals surface area contributed by atoms with Gasteiger partial charge in [0.15, 0.2) is 0 Å². The molecule has 0 aliphatic carbocycles. The lowest BCUT2D eigenvalue weighted by molar-refractivity contribution is 0.553. The standard InChI is InChI=1S/C20H21N5O/c1-15-5-4-6-17(11-15)7-8-18-14-24(16(2)23-18)19-12-20(26)25(22-13-19)10-9-21-3/h4-6,11-14,21H,9-10H2,1-3H3. The Hall–Kier alpha value is -3.17. The lowest BCUT2D eigenvalue weighted by Gasteiger charge is -2.07. The largest absolute Gasteiger partial charge is 0.318 e. The Morgan fingerprint density at radius 3 is 2.77 bits per heavy atom. The highest BCUT2D eigenvalue weighted by atomic mass is 16.1. The average Bonchev–Trinajstić information content (AvgIpc) is 3.00. The number of aryl methyl sites for hydroxylation is 2. The Labute approximate surface area is 152 Å². The summed E-state index contributed by atoms with van der Waals surface area (Å²) in [4.78, 5) is 16.7. The molecule has 0 unspecified atom stereocenters. The van der Waals surface area contributed by atoms with Crippen molar-refractivity contribution in [1.29, 1.82) is 0 Å². The van der Waals surface area contributed by atoms with Gasteiger partial charge in [0.25, 0.3) is 5.56 Å². The average molecular weight is 347 g/mol.